The van der Waals surface area contributed by atoms with Gasteiger partial charge in [-0.3, -0.25) is 4.79 Å². The molecular formula is C21H25NO2. The van der Waals surface area contributed by atoms with Crippen LogP contribution in [0.3, 0.4) is 0 Å². The van der Waals surface area contributed by atoms with Gasteiger partial charge in [-0.25, -0.2) is 0 Å². The number of rotatable bonds is 6. The van der Waals surface area contributed by atoms with E-state index in [2.05, 4.69) is 36.4 Å². The summed E-state index contributed by atoms with van der Waals surface area (Å²) < 4.78 is 5.95. The second-order valence-corrected chi connectivity index (χ2v) is 6.35. The third-order valence-electron chi connectivity index (χ3n) is 4.52. The molecule has 0 radical (unpaired) electrons. The smallest absolute Gasteiger partial charge is 0.263 e. The molecule has 0 bridgehead atoms. The van der Waals surface area contributed by atoms with E-state index in [1.54, 1.807) is 0 Å². The Kier molecular flexibility index (Phi) is 5.52. The van der Waals surface area contributed by atoms with Crippen LogP contribution < -0.4 is 4.74 Å². The van der Waals surface area contributed by atoms with Gasteiger partial charge in [-0.15, -0.1) is 0 Å². The fourth-order valence-corrected chi connectivity index (χ4v) is 3.13. The largest absolute Gasteiger partial charge is 0.481 e. The molecule has 0 aromatic heterocycles. The summed E-state index contributed by atoms with van der Waals surface area (Å²) in [6, 6.07) is 18.5. The first-order valence-corrected chi connectivity index (χ1v) is 8.84. The van der Waals surface area contributed by atoms with Crippen LogP contribution in [0.4, 0.5) is 0 Å². The molecule has 1 amide bonds. The summed E-state index contributed by atoms with van der Waals surface area (Å²) in [5.41, 5.74) is 2.54. The van der Waals surface area contributed by atoms with Crippen molar-refractivity contribution in [3.05, 3.63) is 65.7 Å². The van der Waals surface area contributed by atoms with Gasteiger partial charge in [-0.1, -0.05) is 49.4 Å². The fraction of sp³-hybridized carbons (Fsp3) is 0.381. The number of hydrogen-bond donors (Lipinski definition) is 0. The molecule has 0 aliphatic carbocycles. The molecule has 3 nitrogen and oxygen atoms in total. The van der Waals surface area contributed by atoms with Crippen molar-refractivity contribution in [1.82, 2.24) is 4.90 Å². The van der Waals surface area contributed by atoms with Gasteiger partial charge < -0.3 is 9.64 Å². The van der Waals surface area contributed by atoms with Crippen LogP contribution in [0.25, 0.3) is 0 Å². The molecule has 1 unspecified atom stereocenters. The molecule has 0 N–H and O–H groups in total. The predicted octanol–water partition coefficient (Wildman–Crippen LogP) is 4.06. The average Bonchev–Trinajstić information content (AvgIpc) is 3.16. The van der Waals surface area contributed by atoms with Crippen LogP contribution in [0.5, 0.6) is 5.75 Å². The highest BCUT2D eigenvalue weighted by atomic mass is 16.5. The molecule has 1 aliphatic heterocycles. The molecule has 1 fully saturated rings. The van der Waals surface area contributed by atoms with Gasteiger partial charge in [0, 0.05) is 13.1 Å². The highest BCUT2D eigenvalue weighted by Crippen LogP contribution is 2.19. The summed E-state index contributed by atoms with van der Waals surface area (Å²) in [5.74, 6) is 0.898. The average molecular weight is 323 g/mol. The van der Waals surface area contributed by atoms with Gasteiger partial charge in [0.1, 0.15) is 5.75 Å². The van der Waals surface area contributed by atoms with Gasteiger partial charge in [0.05, 0.1) is 0 Å². The molecule has 0 spiro atoms. The van der Waals surface area contributed by atoms with E-state index in [0.717, 1.165) is 38.1 Å². The zero-order chi connectivity index (χ0) is 16.8. The number of benzene rings is 2. The Morgan fingerprint density at radius 1 is 1.00 bits per heavy atom. The standard InChI is InChI=1S/C21H25NO2/c1-2-20(21(23)22-14-6-7-15-22)24-19-12-10-18(11-13-19)16-17-8-4-3-5-9-17/h3-5,8-13,20H,2,6-7,14-16H2,1H3. The molecule has 2 aromatic carbocycles. The summed E-state index contributed by atoms with van der Waals surface area (Å²) in [7, 11) is 0. The van der Waals surface area contributed by atoms with E-state index in [1.165, 1.54) is 11.1 Å². The van der Waals surface area contributed by atoms with Crippen LogP contribution in [0, 0.1) is 0 Å². The molecule has 1 atom stereocenters. The molecule has 3 heteroatoms. The third-order valence-corrected chi connectivity index (χ3v) is 4.52. The van der Waals surface area contributed by atoms with E-state index < -0.39 is 0 Å². The number of hydrogen-bond acceptors (Lipinski definition) is 2. The summed E-state index contributed by atoms with van der Waals surface area (Å²) >= 11 is 0. The van der Waals surface area contributed by atoms with Crippen molar-refractivity contribution in [2.75, 3.05) is 13.1 Å². The number of carbonyl (C=O) groups is 1. The first kappa shape index (κ1) is 16.6. The lowest BCUT2D eigenvalue weighted by Gasteiger charge is -2.23. The van der Waals surface area contributed by atoms with Crippen LogP contribution in [-0.2, 0) is 11.2 Å². The van der Waals surface area contributed by atoms with Crippen LogP contribution in [-0.4, -0.2) is 30.0 Å². The second kappa shape index (κ2) is 8.00. The number of ether oxygens (including phenoxy) is 1. The topological polar surface area (TPSA) is 29.5 Å². The van der Waals surface area contributed by atoms with E-state index in [1.807, 2.05) is 30.0 Å². The van der Waals surface area contributed by atoms with Crippen molar-refractivity contribution in [2.45, 2.75) is 38.7 Å². The maximum atomic E-state index is 12.5. The van der Waals surface area contributed by atoms with Gasteiger partial charge in [0.2, 0.25) is 0 Å². The number of amides is 1. The molecule has 24 heavy (non-hydrogen) atoms. The third kappa shape index (κ3) is 4.16. The Hall–Kier alpha value is -2.29. The summed E-state index contributed by atoms with van der Waals surface area (Å²) in [6.45, 7) is 3.74. The Balaban J connectivity index is 1.61. The number of nitrogens with zero attached hydrogens (tertiary/aromatic N) is 1. The maximum Gasteiger partial charge on any atom is 0.263 e. The minimum absolute atomic E-state index is 0.128. The normalized spacial score (nSPS) is 15.3. The van der Waals surface area contributed by atoms with E-state index >= 15 is 0 Å². The lowest BCUT2D eigenvalue weighted by Crippen LogP contribution is -2.40. The molecule has 1 saturated heterocycles. The Morgan fingerprint density at radius 2 is 1.62 bits per heavy atom. The molecule has 0 saturated carbocycles. The van der Waals surface area contributed by atoms with Crippen molar-refractivity contribution >= 4 is 5.91 Å². The second-order valence-electron chi connectivity index (χ2n) is 6.35. The zero-order valence-electron chi connectivity index (χ0n) is 14.3. The van der Waals surface area contributed by atoms with Crippen molar-refractivity contribution in [2.24, 2.45) is 0 Å². The predicted molar refractivity (Wildman–Crippen MR) is 96.2 cm³/mol. The van der Waals surface area contributed by atoms with Crippen LogP contribution >= 0.6 is 0 Å². The van der Waals surface area contributed by atoms with Crippen LogP contribution in [0.2, 0.25) is 0 Å². The van der Waals surface area contributed by atoms with Gasteiger partial charge in [0.15, 0.2) is 6.10 Å². The van der Waals surface area contributed by atoms with Crippen molar-refractivity contribution in [3.8, 4) is 5.75 Å². The highest BCUT2D eigenvalue weighted by Gasteiger charge is 2.26. The summed E-state index contributed by atoms with van der Waals surface area (Å²) in [4.78, 5) is 14.4. The molecule has 3 rings (SSSR count). The van der Waals surface area contributed by atoms with E-state index in [-0.39, 0.29) is 12.0 Å². The lowest BCUT2D eigenvalue weighted by atomic mass is 10.1. The molecule has 2 aromatic rings. The fourth-order valence-electron chi connectivity index (χ4n) is 3.13. The van der Waals surface area contributed by atoms with Crippen LogP contribution in [0.1, 0.15) is 37.3 Å². The van der Waals surface area contributed by atoms with E-state index in [9.17, 15) is 4.79 Å². The Labute approximate surface area is 144 Å². The summed E-state index contributed by atoms with van der Waals surface area (Å²) in [6.07, 6.45) is 3.45. The lowest BCUT2D eigenvalue weighted by molar-refractivity contribution is -0.137. The Bertz CT molecular complexity index is 645. The number of carbonyl (C=O) groups excluding carboxylic acids is 1. The Morgan fingerprint density at radius 3 is 2.25 bits per heavy atom. The first-order valence-electron chi connectivity index (χ1n) is 8.84. The number of likely N-dealkylation sites (tertiary alicyclic amines) is 1. The molecular weight excluding hydrogens is 298 g/mol. The quantitative estimate of drug-likeness (QED) is 0.802. The minimum Gasteiger partial charge on any atom is -0.481 e. The monoisotopic (exact) mass is 323 g/mol. The van der Waals surface area contributed by atoms with Crippen LogP contribution in [0.15, 0.2) is 54.6 Å². The zero-order valence-corrected chi connectivity index (χ0v) is 14.3. The van der Waals surface area contributed by atoms with Crippen molar-refractivity contribution < 1.29 is 9.53 Å². The first-order chi connectivity index (χ1) is 11.8. The van der Waals surface area contributed by atoms with Gasteiger partial charge in [0.25, 0.3) is 5.91 Å². The maximum absolute atomic E-state index is 12.5. The van der Waals surface area contributed by atoms with Gasteiger partial charge >= 0.3 is 0 Å². The molecule has 126 valence electrons. The van der Waals surface area contributed by atoms with Crippen molar-refractivity contribution in [3.63, 3.8) is 0 Å². The van der Waals surface area contributed by atoms with Gasteiger partial charge in [-0.05, 0) is 48.9 Å². The summed E-state index contributed by atoms with van der Waals surface area (Å²) in [5, 5.41) is 0. The molecule has 1 heterocycles. The molecule has 1 aliphatic rings. The van der Waals surface area contributed by atoms with Crippen molar-refractivity contribution in [1.29, 1.82) is 0 Å². The van der Waals surface area contributed by atoms with Gasteiger partial charge in [-0.2, -0.15) is 0 Å². The van der Waals surface area contributed by atoms with E-state index in [4.69, 9.17) is 4.74 Å². The SMILES string of the molecule is CCC(Oc1ccc(Cc2ccccc2)cc1)C(=O)N1CCCC1. The minimum atomic E-state index is -0.372. The van der Waals surface area contributed by atoms with E-state index in [0.29, 0.717) is 6.42 Å². The highest BCUT2D eigenvalue weighted by molar-refractivity contribution is 5.81.